The SMILES string of the molecule is CCC(=O)N(C)c1ccc(-c2ccc(C(=O)CCc3cccnc3OC)cc2C)cc1F. The highest BCUT2D eigenvalue weighted by molar-refractivity contribution is 5.97. The third-order valence-corrected chi connectivity index (χ3v) is 5.51. The minimum absolute atomic E-state index is 0.0202. The third-order valence-electron chi connectivity index (χ3n) is 5.51. The van der Waals surface area contributed by atoms with Crippen molar-refractivity contribution in [2.45, 2.75) is 33.1 Å². The van der Waals surface area contributed by atoms with Crippen LogP contribution in [0.5, 0.6) is 5.88 Å². The number of aryl methyl sites for hydroxylation is 2. The molecule has 0 bridgehead atoms. The first-order valence-electron chi connectivity index (χ1n) is 10.5. The summed E-state index contributed by atoms with van der Waals surface area (Å²) >= 11 is 0. The van der Waals surface area contributed by atoms with Crippen molar-refractivity contribution in [3.8, 4) is 17.0 Å². The fourth-order valence-electron chi connectivity index (χ4n) is 3.67. The minimum atomic E-state index is -0.461. The molecule has 1 amide bonds. The van der Waals surface area contributed by atoms with Gasteiger partial charge >= 0.3 is 0 Å². The van der Waals surface area contributed by atoms with Crippen molar-refractivity contribution in [2.24, 2.45) is 0 Å². The molecule has 0 aliphatic rings. The summed E-state index contributed by atoms with van der Waals surface area (Å²) in [4.78, 5) is 30.1. The Morgan fingerprint density at radius 1 is 1.12 bits per heavy atom. The number of pyridine rings is 1. The van der Waals surface area contributed by atoms with Crippen LogP contribution in [0.25, 0.3) is 11.1 Å². The zero-order valence-corrected chi connectivity index (χ0v) is 18.8. The van der Waals surface area contributed by atoms with E-state index in [1.54, 1.807) is 45.5 Å². The standard InChI is InChI=1S/C26H27FN2O3/c1-5-25(31)29(3)23-12-9-19(16-22(23)27)21-11-8-20(15-17(21)2)24(30)13-10-18-7-6-14-28-26(18)32-4/h6-9,11-12,14-16H,5,10,13H2,1-4H3. The van der Waals surface area contributed by atoms with E-state index in [2.05, 4.69) is 4.98 Å². The van der Waals surface area contributed by atoms with Crippen LogP contribution in [-0.4, -0.2) is 30.8 Å². The highest BCUT2D eigenvalue weighted by Gasteiger charge is 2.16. The summed E-state index contributed by atoms with van der Waals surface area (Å²) < 4.78 is 19.9. The largest absolute Gasteiger partial charge is 0.481 e. The lowest BCUT2D eigenvalue weighted by Gasteiger charge is -2.18. The summed E-state index contributed by atoms with van der Waals surface area (Å²) in [5, 5.41) is 0. The summed E-state index contributed by atoms with van der Waals surface area (Å²) in [6, 6.07) is 14.0. The van der Waals surface area contributed by atoms with Crippen LogP contribution in [0.15, 0.2) is 54.7 Å². The van der Waals surface area contributed by atoms with Crippen LogP contribution in [0.3, 0.4) is 0 Å². The molecule has 0 saturated heterocycles. The minimum Gasteiger partial charge on any atom is -0.481 e. The van der Waals surface area contributed by atoms with Gasteiger partial charge in [-0.25, -0.2) is 9.37 Å². The summed E-state index contributed by atoms with van der Waals surface area (Å²) in [7, 11) is 3.13. The number of aromatic nitrogens is 1. The number of methoxy groups -OCH3 is 1. The number of rotatable bonds is 8. The maximum atomic E-state index is 14.7. The number of carbonyl (C=O) groups excluding carboxylic acids is 2. The Balaban J connectivity index is 1.77. The molecule has 0 aliphatic carbocycles. The maximum absolute atomic E-state index is 14.7. The first-order valence-corrected chi connectivity index (χ1v) is 10.5. The van der Waals surface area contributed by atoms with Gasteiger partial charge in [0.25, 0.3) is 0 Å². The normalized spacial score (nSPS) is 10.7. The highest BCUT2D eigenvalue weighted by Crippen LogP contribution is 2.29. The first kappa shape index (κ1) is 23.1. The summed E-state index contributed by atoms with van der Waals surface area (Å²) in [6.45, 7) is 3.64. The number of amides is 1. The zero-order chi connectivity index (χ0) is 23.3. The third kappa shape index (κ3) is 5.02. The molecule has 0 aliphatic heterocycles. The number of halogens is 1. The predicted octanol–water partition coefficient (Wildman–Crippen LogP) is 5.39. The van der Waals surface area contributed by atoms with Gasteiger partial charge in [0.2, 0.25) is 11.8 Å². The van der Waals surface area contributed by atoms with Crippen molar-refractivity contribution < 1.29 is 18.7 Å². The smallest absolute Gasteiger partial charge is 0.226 e. The van der Waals surface area contributed by atoms with Crippen LogP contribution in [0.1, 0.15) is 41.3 Å². The molecular weight excluding hydrogens is 407 g/mol. The molecule has 0 radical (unpaired) electrons. The van der Waals surface area contributed by atoms with Crippen molar-refractivity contribution in [1.29, 1.82) is 0 Å². The van der Waals surface area contributed by atoms with Crippen LogP contribution in [0, 0.1) is 12.7 Å². The Bertz CT molecular complexity index is 1140. The monoisotopic (exact) mass is 434 g/mol. The number of anilines is 1. The van der Waals surface area contributed by atoms with Gasteiger partial charge in [0.05, 0.1) is 12.8 Å². The highest BCUT2D eigenvalue weighted by atomic mass is 19.1. The zero-order valence-electron chi connectivity index (χ0n) is 18.8. The lowest BCUT2D eigenvalue weighted by atomic mass is 9.95. The van der Waals surface area contributed by atoms with Crippen molar-refractivity contribution in [2.75, 3.05) is 19.1 Å². The Morgan fingerprint density at radius 3 is 2.56 bits per heavy atom. The van der Waals surface area contributed by atoms with Gasteiger partial charge in [0.1, 0.15) is 5.82 Å². The topological polar surface area (TPSA) is 59.5 Å². The molecule has 0 unspecified atom stereocenters. The van der Waals surface area contributed by atoms with E-state index in [1.807, 2.05) is 31.2 Å². The van der Waals surface area contributed by atoms with E-state index in [0.29, 0.717) is 36.3 Å². The molecule has 0 atom stereocenters. The second kappa shape index (κ2) is 10.2. The number of ketones is 1. The quantitative estimate of drug-likeness (QED) is 0.446. The number of nitrogens with zero attached hydrogens (tertiary/aromatic N) is 2. The van der Waals surface area contributed by atoms with Gasteiger partial charge in [0, 0.05) is 37.2 Å². The van der Waals surface area contributed by atoms with E-state index in [0.717, 1.165) is 16.7 Å². The number of hydrogen-bond donors (Lipinski definition) is 0. The molecule has 166 valence electrons. The summed E-state index contributed by atoms with van der Waals surface area (Å²) in [5.74, 6) is -0.0632. The van der Waals surface area contributed by atoms with E-state index in [1.165, 1.54) is 11.0 Å². The van der Waals surface area contributed by atoms with Crippen LogP contribution < -0.4 is 9.64 Å². The van der Waals surface area contributed by atoms with Crippen LogP contribution >= 0.6 is 0 Å². The second-order valence-corrected chi connectivity index (χ2v) is 7.60. The molecule has 0 N–H and O–H groups in total. The average molecular weight is 435 g/mol. The molecule has 2 aromatic carbocycles. The fourth-order valence-corrected chi connectivity index (χ4v) is 3.67. The maximum Gasteiger partial charge on any atom is 0.226 e. The molecule has 1 heterocycles. The molecule has 3 rings (SSSR count). The van der Waals surface area contributed by atoms with Crippen molar-refractivity contribution in [3.63, 3.8) is 0 Å². The summed E-state index contributed by atoms with van der Waals surface area (Å²) in [6.07, 6.45) is 2.83. The number of Topliss-reactive ketones (excluding diaryl/α,β-unsaturated/α-hetero) is 1. The Kier molecular flexibility index (Phi) is 7.36. The van der Waals surface area contributed by atoms with Gasteiger partial charge in [-0.05, 0) is 54.3 Å². The van der Waals surface area contributed by atoms with Gasteiger partial charge in [-0.2, -0.15) is 0 Å². The first-order chi connectivity index (χ1) is 15.3. The number of hydrogen-bond acceptors (Lipinski definition) is 4. The van der Waals surface area contributed by atoms with E-state index in [4.69, 9.17) is 4.74 Å². The van der Waals surface area contributed by atoms with E-state index in [-0.39, 0.29) is 17.4 Å². The Hall–Kier alpha value is -3.54. The average Bonchev–Trinajstić information content (AvgIpc) is 2.81. The molecule has 6 heteroatoms. The van der Waals surface area contributed by atoms with Crippen molar-refractivity contribution in [1.82, 2.24) is 4.98 Å². The second-order valence-electron chi connectivity index (χ2n) is 7.60. The molecule has 0 spiro atoms. The number of carbonyl (C=O) groups is 2. The lowest BCUT2D eigenvalue weighted by molar-refractivity contribution is -0.118. The molecule has 32 heavy (non-hydrogen) atoms. The van der Waals surface area contributed by atoms with Crippen molar-refractivity contribution in [3.05, 3.63) is 77.2 Å². The van der Waals surface area contributed by atoms with E-state index in [9.17, 15) is 14.0 Å². The number of benzene rings is 2. The Labute approximate surface area is 187 Å². The van der Waals surface area contributed by atoms with Gasteiger partial charge in [-0.1, -0.05) is 31.2 Å². The van der Waals surface area contributed by atoms with E-state index < -0.39 is 5.82 Å². The lowest BCUT2D eigenvalue weighted by Crippen LogP contribution is -2.25. The van der Waals surface area contributed by atoms with Gasteiger partial charge < -0.3 is 9.64 Å². The molecule has 0 saturated carbocycles. The van der Waals surface area contributed by atoms with Crippen LogP contribution in [0.2, 0.25) is 0 Å². The Morgan fingerprint density at radius 2 is 1.91 bits per heavy atom. The van der Waals surface area contributed by atoms with Crippen LogP contribution in [0.4, 0.5) is 10.1 Å². The van der Waals surface area contributed by atoms with Crippen molar-refractivity contribution >= 4 is 17.4 Å². The molecule has 0 fully saturated rings. The van der Waals surface area contributed by atoms with Gasteiger partial charge in [-0.15, -0.1) is 0 Å². The molecular formula is C26H27FN2O3. The predicted molar refractivity (Wildman–Crippen MR) is 124 cm³/mol. The molecule has 5 nitrogen and oxygen atoms in total. The van der Waals surface area contributed by atoms with Crippen LogP contribution in [-0.2, 0) is 11.2 Å². The molecule has 1 aromatic heterocycles. The van der Waals surface area contributed by atoms with Gasteiger partial charge in [-0.3, -0.25) is 9.59 Å². The van der Waals surface area contributed by atoms with Gasteiger partial charge in [0.15, 0.2) is 5.78 Å². The number of ether oxygens (including phenoxy) is 1. The fraction of sp³-hybridized carbons (Fsp3) is 0.269. The van der Waals surface area contributed by atoms with E-state index >= 15 is 0 Å². The summed E-state index contributed by atoms with van der Waals surface area (Å²) in [5.41, 5.74) is 4.15. The molecule has 3 aromatic rings.